The number of likely N-dealkylation sites (tertiary alicyclic amines) is 2. The number of benzene rings is 2. The monoisotopic (exact) mass is 917 g/mol. The molecule has 0 aromatic heterocycles. The van der Waals surface area contributed by atoms with Crippen LogP contribution in [-0.2, 0) is 30.4 Å². The fourth-order valence-corrected chi connectivity index (χ4v) is 9.96. The molecule has 3 heterocycles. The molecule has 1 saturated carbocycles. The maximum atomic E-state index is 14.4. The van der Waals surface area contributed by atoms with Crippen LogP contribution in [0.4, 0.5) is 4.79 Å². The minimum absolute atomic E-state index is 0.0119. The standard InChI is InChI=1S/C51H76N6O9/c1-7-64-44-31-43(63-6)20-19-42(44)34-57(50(62)66-51(3,4)5)35-45(58)56-23-13-18-41(33-56)39-16-12-17-40(30-39)48(60)52-47(38-14-10-9-11-15-38)49(61)55-24-21-37(22-25-55)32-53-26-28-54(29-27-53)36-46(59)65-8-2/h12,16-17,19-20,30-31,37-38,41,47H,7-11,13-15,18,21-29,32-36H2,1-6H3,(H,52,60)/t41?,47-/m1/s1. The van der Waals surface area contributed by atoms with E-state index >= 15 is 0 Å². The second-order valence-electron chi connectivity index (χ2n) is 19.5. The highest BCUT2D eigenvalue weighted by Gasteiger charge is 2.37. The molecule has 6 rings (SSSR count). The van der Waals surface area contributed by atoms with Crippen LogP contribution >= 0.6 is 0 Å². The van der Waals surface area contributed by atoms with Crippen LogP contribution in [0.25, 0.3) is 0 Å². The van der Waals surface area contributed by atoms with Gasteiger partial charge in [0.1, 0.15) is 29.7 Å². The van der Waals surface area contributed by atoms with Crippen molar-refractivity contribution in [2.75, 3.05) is 92.3 Å². The molecule has 1 aliphatic carbocycles. The van der Waals surface area contributed by atoms with E-state index in [2.05, 4.69) is 15.1 Å². The van der Waals surface area contributed by atoms with Crippen molar-refractivity contribution in [3.05, 3.63) is 59.2 Å². The molecule has 364 valence electrons. The van der Waals surface area contributed by atoms with E-state index in [-0.39, 0.29) is 48.6 Å². The molecule has 2 aromatic rings. The topological polar surface area (TPSA) is 150 Å². The molecular weight excluding hydrogens is 841 g/mol. The van der Waals surface area contributed by atoms with Gasteiger partial charge in [0.05, 0.1) is 33.4 Å². The Morgan fingerprint density at radius 3 is 2.21 bits per heavy atom. The molecule has 4 aliphatic rings. The molecule has 15 heteroatoms. The van der Waals surface area contributed by atoms with Gasteiger partial charge >= 0.3 is 12.1 Å². The number of nitrogens with zero attached hydrogens (tertiary/aromatic N) is 5. The van der Waals surface area contributed by atoms with E-state index in [0.717, 1.165) is 102 Å². The van der Waals surface area contributed by atoms with Gasteiger partial charge in [0.15, 0.2) is 0 Å². The summed E-state index contributed by atoms with van der Waals surface area (Å²) >= 11 is 0. The Labute approximate surface area is 392 Å². The number of hydrogen-bond donors (Lipinski definition) is 1. The molecule has 4 amide bonds. The predicted molar refractivity (Wildman–Crippen MR) is 252 cm³/mol. The van der Waals surface area contributed by atoms with E-state index in [4.69, 9.17) is 18.9 Å². The molecule has 0 bridgehead atoms. The van der Waals surface area contributed by atoms with Crippen LogP contribution in [-0.4, -0.2) is 158 Å². The first kappa shape index (κ1) is 50.5. The third-order valence-electron chi connectivity index (χ3n) is 13.5. The summed E-state index contributed by atoms with van der Waals surface area (Å²) in [5, 5.41) is 3.24. The average molecular weight is 917 g/mol. The highest BCUT2D eigenvalue weighted by atomic mass is 16.6. The van der Waals surface area contributed by atoms with Crippen molar-refractivity contribution >= 4 is 29.8 Å². The molecular formula is C51H76N6O9. The molecule has 2 atom stereocenters. The third-order valence-corrected chi connectivity index (χ3v) is 13.5. The maximum absolute atomic E-state index is 14.4. The van der Waals surface area contributed by atoms with Gasteiger partial charge in [-0.2, -0.15) is 0 Å². The number of esters is 1. The van der Waals surface area contributed by atoms with Gasteiger partial charge in [-0.3, -0.25) is 29.0 Å². The van der Waals surface area contributed by atoms with Crippen LogP contribution in [0, 0.1) is 11.8 Å². The summed E-state index contributed by atoms with van der Waals surface area (Å²) in [6.45, 7) is 17.1. The van der Waals surface area contributed by atoms with Crippen molar-refractivity contribution in [2.45, 2.75) is 117 Å². The number of carbonyl (C=O) groups is 5. The summed E-state index contributed by atoms with van der Waals surface area (Å²) < 4.78 is 22.2. The van der Waals surface area contributed by atoms with E-state index in [1.807, 2.05) is 54.0 Å². The highest BCUT2D eigenvalue weighted by Crippen LogP contribution is 2.32. The molecule has 4 fully saturated rings. The number of piperidine rings is 2. The van der Waals surface area contributed by atoms with Crippen molar-refractivity contribution in [2.24, 2.45) is 11.8 Å². The number of methoxy groups -OCH3 is 1. The minimum atomic E-state index is -0.761. The zero-order chi connectivity index (χ0) is 47.2. The summed E-state index contributed by atoms with van der Waals surface area (Å²) in [5.74, 6) is 1.20. The lowest BCUT2D eigenvalue weighted by Crippen LogP contribution is -2.55. The lowest BCUT2D eigenvalue weighted by atomic mass is 9.82. The number of piperazine rings is 1. The number of ether oxygens (including phenoxy) is 4. The quantitative estimate of drug-likeness (QED) is 0.177. The predicted octanol–water partition coefficient (Wildman–Crippen LogP) is 6.34. The zero-order valence-corrected chi connectivity index (χ0v) is 40.5. The maximum Gasteiger partial charge on any atom is 0.411 e. The lowest BCUT2D eigenvalue weighted by molar-refractivity contribution is -0.145. The molecule has 1 unspecified atom stereocenters. The molecule has 1 N–H and O–H groups in total. The number of carbonyl (C=O) groups excluding carboxylic acids is 5. The Morgan fingerprint density at radius 2 is 1.53 bits per heavy atom. The molecule has 3 saturated heterocycles. The lowest BCUT2D eigenvalue weighted by Gasteiger charge is -2.40. The van der Waals surface area contributed by atoms with Gasteiger partial charge in [-0.1, -0.05) is 31.4 Å². The van der Waals surface area contributed by atoms with Crippen molar-refractivity contribution in [3.63, 3.8) is 0 Å². The summed E-state index contributed by atoms with van der Waals surface area (Å²) in [6, 6.07) is 12.5. The summed E-state index contributed by atoms with van der Waals surface area (Å²) in [7, 11) is 1.58. The number of nitrogens with one attached hydrogen (secondary N) is 1. The van der Waals surface area contributed by atoms with Crippen LogP contribution in [0.5, 0.6) is 11.5 Å². The van der Waals surface area contributed by atoms with Crippen molar-refractivity contribution in [1.29, 1.82) is 0 Å². The number of amides is 4. The van der Waals surface area contributed by atoms with Crippen LogP contribution in [0.3, 0.4) is 0 Å². The van der Waals surface area contributed by atoms with Crippen LogP contribution in [0.15, 0.2) is 42.5 Å². The SMILES string of the molecule is CCOC(=O)CN1CCN(CC2CCN(C(=O)[C@H](NC(=O)c3cccc(C4CCCN(C(=O)CN(Cc5ccc(OC)cc5OCC)C(=O)OC(C)(C)C)C4)c3)C3CCCCC3)CC2)CC1. The molecule has 3 aliphatic heterocycles. The normalized spacial score (nSPS) is 19.7. The summed E-state index contributed by atoms with van der Waals surface area (Å²) in [5.41, 5.74) is 1.44. The van der Waals surface area contributed by atoms with E-state index in [9.17, 15) is 24.0 Å². The van der Waals surface area contributed by atoms with Gasteiger partial charge < -0.3 is 39.0 Å². The van der Waals surface area contributed by atoms with Gasteiger partial charge in [-0.15, -0.1) is 0 Å². The van der Waals surface area contributed by atoms with Gasteiger partial charge in [0.2, 0.25) is 11.8 Å². The van der Waals surface area contributed by atoms with Crippen molar-refractivity contribution in [3.8, 4) is 11.5 Å². The first-order valence-electron chi connectivity index (χ1n) is 24.6. The fraction of sp³-hybridized carbons (Fsp3) is 0.667. The number of hydrogen-bond acceptors (Lipinski definition) is 11. The van der Waals surface area contributed by atoms with Gasteiger partial charge in [-0.25, -0.2) is 4.79 Å². The molecule has 15 nitrogen and oxygen atoms in total. The largest absolute Gasteiger partial charge is 0.497 e. The van der Waals surface area contributed by atoms with Crippen LogP contribution in [0.1, 0.15) is 120 Å². The van der Waals surface area contributed by atoms with Crippen molar-refractivity contribution < 1.29 is 42.9 Å². The first-order valence-corrected chi connectivity index (χ1v) is 24.6. The van der Waals surface area contributed by atoms with Crippen LogP contribution < -0.4 is 14.8 Å². The second kappa shape index (κ2) is 24.2. The van der Waals surface area contributed by atoms with E-state index < -0.39 is 17.7 Å². The van der Waals surface area contributed by atoms with E-state index in [1.54, 1.807) is 40.0 Å². The first-order chi connectivity index (χ1) is 31.7. The van der Waals surface area contributed by atoms with Gasteiger partial charge in [0, 0.05) is 82.0 Å². The molecule has 0 spiro atoms. The van der Waals surface area contributed by atoms with E-state index in [1.165, 1.54) is 4.90 Å². The molecule has 0 radical (unpaired) electrons. The zero-order valence-electron chi connectivity index (χ0n) is 40.5. The second-order valence-corrected chi connectivity index (χ2v) is 19.5. The summed E-state index contributed by atoms with van der Waals surface area (Å²) in [4.78, 5) is 78.0. The van der Waals surface area contributed by atoms with Gasteiger partial charge in [0.25, 0.3) is 5.91 Å². The minimum Gasteiger partial charge on any atom is -0.497 e. The number of rotatable bonds is 17. The molecule has 66 heavy (non-hydrogen) atoms. The third kappa shape index (κ3) is 14.6. The molecule has 2 aromatic carbocycles. The van der Waals surface area contributed by atoms with E-state index in [0.29, 0.717) is 68.9 Å². The Balaban J connectivity index is 1.06. The Kier molecular flexibility index (Phi) is 18.5. The average Bonchev–Trinajstić information content (AvgIpc) is 3.31. The summed E-state index contributed by atoms with van der Waals surface area (Å²) in [6.07, 6.45) is 7.97. The highest BCUT2D eigenvalue weighted by molar-refractivity contribution is 5.98. The van der Waals surface area contributed by atoms with Crippen LogP contribution in [0.2, 0.25) is 0 Å². The van der Waals surface area contributed by atoms with Gasteiger partial charge in [-0.05, 0) is 115 Å². The smallest absolute Gasteiger partial charge is 0.411 e. The fourth-order valence-electron chi connectivity index (χ4n) is 9.96. The Hall–Kier alpha value is -4.89. The van der Waals surface area contributed by atoms with Crippen molar-refractivity contribution in [1.82, 2.24) is 29.8 Å². The Morgan fingerprint density at radius 1 is 0.803 bits per heavy atom. The Bertz CT molecular complexity index is 1930.